The zero-order valence-corrected chi connectivity index (χ0v) is 15.3. The Labute approximate surface area is 160 Å². The van der Waals surface area contributed by atoms with E-state index in [-0.39, 0.29) is 5.82 Å². The predicted molar refractivity (Wildman–Crippen MR) is 103 cm³/mol. The first kappa shape index (κ1) is 18.6. The maximum atomic E-state index is 13.0. The van der Waals surface area contributed by atoms with E-state index >= 15 is 0 Å². The second-order valence-corrected chi connectivity index (χ2v) is 6.07. The summed E-state index contributed by atoms with van der Waals surface area (Å²) in [5.74, 6) is 0.0285. The highest BCUT2D eigenvalue weighted by Crippen LogP contribution is 2.27. The first-order chi connectivity index (χ1) is 12.9. The van der Waals surface area contributed by atoms with Crippen LogP contribution in [-0.4, -0.2) is 23.0 Å². The first-order valence-corrected chi connectivity index (χ1v) is 8.35. The van der Waals surface area contributed by atoms with Gasteiger partial charge in [0.05, 0.1) is 23.4 Å². The number of methoxy groups -OCH3 is 1. The fraction of sp³-hybridized carbons (Fsp3) is 0.105. The normalized spacial score (nSPS) is 10.4. The molecule has 0 aliphatic heterocycles. The van der Waals surface area contributed by atoms with Crippen molar-refractivity contribution < 1.29 is 13.9 Å². The number of nitrogens with zero attached hydrogens (tertiary/aromatic N) is 2. The van der Waals surface area contributed by atoms with E-state index in [0.717, 1.165) is 0 Å². The molecule has 138 valence electrons. The number of halogens is 2. The van der Waals surface area contributed by atoms with Crippen LogP contribution in [0.1, 0.15) is 16.1 Å². The van der Waals surface area contributed by atoms with Gasteiger partial charge in [0.2, 0.25) is 5.95 Å². The molecule has 3 aromatic rings. The lowest BCUT2D eigenvalue weighted by molar-refractivity contribution is 0.0601. The summed E-state index contributed by atoms with van der Waals surface area (Å²) in [5, 5.41) is 6.52. The van der Waals surface area contributed by atoms with Gasteiger partial charge < -0.3 is 15.4 Å². The number of anilines is 4. The second kappa shape index (κ2) is 8.01. The Morgan fingerprint density at radius 3 is 2.52 bits per heavy atom. The zero-order chi connectivity index (χ0) is 19.4. The largest absolute Gasteiger partial charge is 0.465 e. The lowest BCUT2D eigenvalue weighted by atomic mass is 10.2. The number of esters is 1. The Hall–Kier alpha value is -3.19. The van der Waals surface area contributed by atoms with Crippen LogP contribution in [0.5, 0.6) is 0 Å². The van der Waals surface area contributed by atoms with E-state index in [0.29, 0.717) is 39.4 Å². The summed E-state index contributed by atoms with van der Waals surface area (Å²) in [5.41, 5.74) is 2.22. The maximum Gasteiger partial charge on any atom is 0.337 e. The molecule has 27 heavy (non-hydrogen) atoms. The number of carbonyl (C=O) groups excluding carboxylic acids is 1. The molecular weight excluding hydrogens is 371 g/mol. The third-order valence-corrected chi connectivity index (χ3v) is 3.93. The average molecular weight is 387 g/mol. The number of nitrogens with one attached hydrogen (secondary N) is 2. The first-order valence-electron chi connectivity index (χ1n) is 7.98. The van der Waals surface area contributed by atoms with Crippen molar-refractivity contribution in [1.82, 2.24) is 9.97 Å². The monoisotopic (exact) mass is 386 g/mol. The van der Waals surface area contributed by atoms with Crippen LogP contribution in [-0.2, 0) is 4.74 Å². The van der Waals surface area contributed by atoms with Gasteiger partial charge in [-0.2, -0.15) is 4.98 Å². The van der Waals surface area contributed by atoms with Crippen molar-refractivity contribution in [2.75, 3.05) is 17.7 Å². The molecule has 0 amide bonds. The van der Waals surface area contributed by atoms with Crippen molar-refractivity contribution in [3.63, 3.8) is 0 Å². The molecule has 0 saturated carbocycles. The number of hydrogen-bond donors (Lipinski definition) is 2. The molecule has 8 heteroatoms. The SMILES string of the molecule is COC(=O)c1ccc(Cl)c(Nc2cc(C)nc(Nc3ccc(F)cc3)n2)c1. The Morgan fingerprint density at radius 2 is 1.81 bits per heavy atom. The molecule has 0 aliphatic carbocycles. The van der Waals surface area contributed by atoms with Crippen molar-refractivity contribution in [3.8, 4) is 0 Å². The van der Waals surface area contributed by atoms with E-state index < -0.39 is 5.97 Å². The van der Waals surface area contributed by atoms with Crippen LogP contribution in [0.25, 0.3) is 0 Å². The molecule has 1 heterocycles. The smallest absolute Gasteiger partial charge is 0.337 e. The summed E-state index contributed by atoms with van der Waals surface area (Å²) in [6.07, 6.45) is 0. The molecule has 0 spiro atoms. The quantitative estimate of drug-likeness (QED) is 0.610. The molecule has 0 fully saturated rings. The second-order valence-electron chi connectivity index (χ2n) is 5.66. The van der Waals surface area contributed by atoms with Gasteiger partial charge in [-0.15, -0.1) is 0 Å². The third-order valence-electron chi connectivity index (χ3n) is 3.60. The number of carbonyl (C=O) groups is 1. The number of aryl methyl sites for hydroxylation is 1. The highest BCUT2D eigenvalue weighted by atomic mass is 35.5. The van der Waals surface area contributed by atoms with E-state index in [1.807, 2.05) is 6.92 Å². The van der Waals surface area contributed by atoms with Crippen LogP contribution < -0.4 is 10.6 Å². The van der Waals surface area contributed by atoms with E-state index in [9.17, 15) is 9.18 Å². The average Bonchev–Trinajstić information content (AvgIpc) is 2.64. The van der Waals surface area contributed by atoms with Crippen molar-refractivity contribution in [1.29, 1.82) is 0 Å². The van der Waals surface area contributed by atoms with Gasteiger partial charge in [0.1, 0.15) is 11.6 Å². The van der Waals surface area contributed by atoms with Crippen molar-refractivity contribution in [3.05, 3.63) is 70.6 Å². The van der Waals surface area contributed by atoms with Gasteiger partial charge in [-0.25, -0.2) is 14.2 Å². The zero-order valence-electron chi connectivity index (χ0n) is 14.6. The van der Waals surface area contributed by atoms with Crippen LogP contribution in [0.15, 0.2) is 48.5 Å². The molecule has 1 aromatic heterocycles. The molecule has 0 atom stereocenters. The molecule has 0 radical (unpaired) electrons. The van der Waals surface area contributed by atoms with Gasteiger partial charge in [-0.1, -0.05) is 11.6 Å². The Bertz CT molecular complexity index is 980. The van der Waals surface area contributed by atoms with Crippen LogP contribution in [0.3, 0.4) is 0 Å². The number of aromatic nitrogens is 2. The molecule has 3 rings (SSSR count). The number of rotatable bonds is 5. The molecule has 0 saturated heterocycles. The summed E-state index contributed by atoms with van der Waals surface area (Å²) < 4.78 is 17.8. The number of hydrogen-bond acceptors (Lipinski definition) is 6. The van der Waals surface area contributed by atoms with Crippen LogP contribution in [0.4, 0.5) is 27.5 Å². The van der Waals surface area contributed by atoms with Crippen LogP contribution in [0, 0.1) is 12.7 Å². The lowest BCUT2D eigenvalue weighted by Gasteiger charge is -2.12. The maximum absolute atomic E-state index is 13.0. The highest BCUT2D eigenvalue weighted by Gasteiger charge is 2.11. The van der Waals surface area contributed by atoms with Gasteiger partial charge in [0, 0.05) is 17.4 Å². The van der Waals surface area contributed by atoms with E-state index in [2.05, 4.69) is 20.6 Å². The number of benzene rings is 2. The summed E-state index contributed by atoms with van der Waals surface area (Å²) in [6.45, 7) is 1.81. The van der Waals surface area contributed by atoms with Gasteiger partial charge in [-0.05, 0) is 49.4 Å². The molecule has 0 bridgehead atoms. The standard InChI is InChI=1S/C19H16ClFN4O2/c1-11-9-17(24-16-10-12(18(26)27-2)3-8-15(16)20)25-19(22-11)23-14-6-4-13(21)5-7-14/h3-10H,1-2H3,(H2,22,23,24,25). The van der Waals surface area contributed by atoms with Crippen molar-refractivity contribution in [2.24, 2.45) is 0 Å². The lowest BCUT2D eigenvalue weighted by Crippen LogP contribution is -2.04. The topological polar surface area (TPSA) is 76.1 Å². The van der Waals surface area contributed by atoms with Crippen molar-refractivity contribution >= 4 is 40.7 Å². The Morgan fingerprint density at radius 1 is 1.07 bits per heavy atom. The third kappa shape index (κ3) is 4.71. The van der Waals surface area contributed by atoms with E-state index in [1.165, 1.54) is 19.2 Å². The Balaban J connectivity index is 1.86. The van der Waals surface area contributed by atoms with Gasteiger partial charge >= 0.3 is 5.97 Å². The summed E-state index contributed by atoms with van der Waals surface area (Å²) in [4.78, 5) is 20.4. The summed E-state index contributed by atoms with van der Waals surface area (Å²) >= 11 is 6.21. The molecule has 0 aliphatic rings. The fourth-order valence-corrected chi connectivity index (χ4v) is 2.52. The minimum Gasteiger partial charge on any atom is -0.465 e. The minimum absolute atomic E-state index is 0.326. The fourth-order valence-electron chi connectivity index (χ4n) is 2.35. The molecule has 2 aromatic carbocycles. The van der Waals surface area contributed by atoms with Gasteiger partial charge in [-0.3, -0.25) is 0 Å². The summed E-state index contributed by atoms with van der Waals surface area (Å²) in [7, 11) is 1.31. The Kier molecular flexibility index (Phi) is 5.52. The molecule has 6 nitrogen and oxygen atoms in total. The highest BCUT2D eigenvalue weighted by molar-refractivity contribution is 6.33. The molecule has 2 N–H and O–H groups in total. The van der Waals surface area contributed by atoms with E-state index in [1.54, 1.807) is 36.4 Å². The van der Waals surface area contributed by atoms with Crippen LogP contribution in [0.2, 0.25) is 5.02 Å². The summed E-state index contributed by atoms with van der Waals surface area (Å²) in [6, 6.07) is 12.4. The number of ether oxygens (including phenoxy) is 1. The van der Waals surface area contributed by atoms with Gasteiger partial charge in [0.15, 0.2) is 0 Å². The van der Waals surface area contributed by atoms with Crippen LogP contribution >= 0.6 is 11.6 Å². The van der Waals surface area contributed by atoms with E-state index in [4.69, 9.17) is 16.3 Å². The van der Waals surface area contributed by atoms with Crippen molar-refractivity contribution in [2.45, 2.75) is 6.92 Å². The van der Waals surface area contributed by atoms with Gasteiger partial charge in [0.25, 0.3) is 0 Å². The molecular formula is C19H16ClFN4O2. The molecule has 0 unspecified atom stereocenters. The minimum atomic E-state index is -0.466. The predicted octanol–water partition coefficient (Wildman–Crippen LogP) is 4.85.